The molecule has 0 aromatic carbocycles. The van der Waals surface area contributed by atoms with Crippen LogP contribution in [0.2, 0.25) is 0 Å². The van der Waals surface area contributed by atoms with E-state index < -0.39 is 5.97 Å². The molecule has 0 spiro atoms. The van der Waals surface area contributed by atoms with Crippen molar-refractivity contribution in [3.05, 3.63) is 23.3 Å². The van der Waals surface area contributed by atoms with Gasteiger partial charge in [0.15, 0.2) is 0 Å². The summed E-state index contributed by atoms with van der Waals surface area (Å²) in [5.41, 5.74) is 0.754. The molecule has 88 valence electrons. The normalized spacial score (nSPS) is 10.8. The zero-order chi connectivity index (χ0) is 12.1. The molecule has 0 saturated carbocycles. The highest BCUT2D eigenvalue weighted by Gasteiger charge is 2.15. The van der Waals surface area contributed by atoms with E-state index in [0.29, 0.717) is 24.5 Å². The highest BCUT2D eigenvalue weighted by atomic mass is 16.5. The summed E-state index contributed by atoms with van der Waals surface area (Å²) in [6.07, 6.45) is 1.96. The smallest absolute Gasteiger partial charge is 0.339 e. The monoisotopic (exact) mass is 224 g/mol. The molecule has 0 fully saturated rings. The summed E-state index contributed by atoms with van der Waals surface area (Å²) < 4.78 is 4.93. The third-order valence-electron chi connectivity index (χ3n) is 2.18. The molecule has 16 heavy (non-hydrogen) atoms. The van der Waals surface area contributed by atoms with Crippen molar-refractivity contribution in [2.45, 2.75) is 26.2 Å². The first-order valence-electron chi connectivity index (χ1n) is 5.14. The molecule has 1 heterocycles. The van der Waals surface area contributed by atoms with Crippen LogP contribution in [0.15, 0.2) is 6.20 Å². The van der Waals surface area contributed by atoms with Gasteiger partial charge in [0.1, 0.15) is 5.82 Å². The molecule has 0 aliphatic heterocycles. The molecule has 0 unspecified atom stereocenters. The van der Waals surface area contributed by atoms with Crippen LogP contribution < -0.4 is 0 Å². The molecule has 0 radical (unpaired) electrons. The number of carboxylic acids is 1. The molecule has 1 aromatic heterocycles. The molecule has 1 N–H and O–H groups in total. The Balaban J connectivity index is 3.02. The molecule has 0 bridgehead atoms. The van der Waals surface area contributed by atoms with Gasteiger partial charge in [0.05, 0.1) is 17.9 Å². The Bertz CT molecular complexity index is 377. The minimum Gasteiger partial charge on any atom is -0.478 e. The maximum Gasteiger partial charge on any atom is 0.339 e. The number of nitrogens with zero attached hydrogens (tertiary/aromatic N) is 2. The van der Waals surface area contributed by atoms with Gasteiger partial charge in [0.25, 0.3) is 0 Å². The highest BCUT2D eigenvalue weighted by molar-refractivity contribution is 5.88. The van der Waals surface area contributed by atoms with E-state index in [0.717, 1.165) is 0 Å². The summed E-state index contributed by atoms with van der Waals surface area (Å²) >= 11 is 0. The van der Waals surface area contributed by atoms with Gasteiger partial charge in [-0.2, -0.15) is 0 Å². The van der Waals surface area contributed by atoms with Gasteiger partial charge in [0.2, 0.25) is 0 Å². The Kier molecular flexibility index (Phi) is 4.37. The largest absolute Gasteiger partial charge is 0.478 e. The number of carboxylic acid groups (broad SMARTS) is 1. The quantitative estimate of drug-likeness (QED) is 0.820. The van der Waals surface area contributed by atoms with E-state index in [2.05, 4.69) is 9.97 Å². The number of rotatable bonds is 5. The van der Waals surface area contributed by atoms with E-state index in [1.165, 1.54) is 6.20 Å². The van der Waals surface area contributed by atoms with Crippen molar-refractivity contribution < 1.29 is 14.6 Å². The van der Waals surface area contributed by atoms with Crippen molar-refractivity contribution in [1.82, 2.24) is 9.97 Å². The topological polar surface area (TPSA) is 72.3 Å². The van der Waals surface area contributed by atoms with Crippen molar-refractivity contribution >= 4 is 5.97 Å². The summed E-state index contributed by atoms with van der Waals surface area (Å²) in [7, 11) is 1.61. The molecule has 0 aliphatic rings. The lowest BCUT2D eigenvalue weighted by molar-refractivity contribution is 0.0694. The van der Waals surface area contributed by atoms with Gasteiger partial charge in [-0.25, -0.2) is 14.8 Å². The molecule has 1 aromatic rings. The predicted molar refractivity (Wildman–Crippen MR) is 58.7 cm³/mol. The summed E-state index contributed by atoms with van der Waals surface area (Å²) in [6.45, 7) is 4.35. The summed E-state index contributed by atoms with van der Waals surface area (Å²) in [6, 6.07) is 0. The maximum atomic E-state index is 10.9. The maximum absolute atomic E-state index is 10.9. The number of hydrogen-bond donors (Lipinski definition) is 1. The van der Waals surface area contributed by atoms with Gasteiger partial charge >= 0.3 is 5.97 Å². The van der Waals surface area contributed by atoms with E-state index in [1.807, 2.05) is 13.8 Å². The number of methoxy groups -OCH3 is 1. The molecule has 0 saturated heterocycles. The van der Waals surface area contributed by atoms with Gasteiger partial charge in [0, 0.05) is 19.7 Å². The van der Waals surface area contributed by atoms with Crippen molar-refractivity contribution in [2.24, 2.45) is 0 Å². The first-order valence-corrected chi connectivity index (χ1v) is 5.14. The zero-order valence-electron chi connectivity index (χ0n) is 9.73. The molecular formula is C11H16N2O3. The summed E-state index contributed by atoms with van der Waals surface area (Å²) in [5.74, 6) is -0.298. The van der Waals surface area contributed by atoms with Crippen molar-refractivity contribution in [1.29, 1.82) is 0 Å². The first-order chi connectivity index (χ1) is 7.56. The minimum absolute atomic E-state index is 0.0652. The molecule has 0 aliphatic carbocycles. The van der Waals surface area contributed by atoms with Crippen molar-refractivity contribution in [3.8, 4) is 0 Å². The molecule has 0 atom stereocenters. The van der Waals surface area contributed by atoms with Gasteiger partial charge < -0.3 is 9.84 Å². The Morgan fingerprint density at radius 2 is 2.25 bits per heavy atom. The summed E-state index contributed by atoms with van der Waals surface area (Å²) in [4.78, 5) is 19.2. The Hall–Kier alpha value is -1.49. The first kappa shape index (κ1) is 12.6. The lowest BCUT2D eigenvalue weighted by atomic mass is 10.1. The second-order valence-corrected chi connectivity index (χ2v) is 3.79. The third kappa shape index (κ3) is 3.00. The number of ether oxygens (including phenoxy) is 1. The number of aromatic nitrogens is 2. The van der Waals surface area contributed by atoms with Crippen LogP contribution in [0, 0.1) is 0 Å². The molecule has 1 rings (SSSR count). The van der Waals surface area contributed by atoms with Gasteiger partial charge in [-0.05, 0) is 5.92 Å². The lowest BCUT2D eigenvalue weighted by Crippen LogP contribution is -2.11. The predicted octanol–water partition coefficient (Wildman–Crippen LogP) is 1.49. The summed E-state index contributed by atoms with van der Waals surface area (Å²) in [5, 5.41) is 8.98. The van der Waals surface area contributed by atoms with Crippen LogP contribution in [-0.4, -0.2) is 34.8 Å². The van der Waals surface area contributed by atoms with Gasteiger partial charge in [-0.3, -0.25) is 0 Å². The number of aromatic carboxylic acids is 1. The van der Waals surface area contributed by atoms with E-state index >= 15 is 0 Å². The Morgan fingerprint density at radius 3 is 2.75 bits per heavy atom. The van der Waals surface area contributed by atoms with Crippen LogP contribution >= 0.6 is 0 Å². The standard InChI is InChI=1S/C11H16N2O3/c1-7(2)10-8(11(14)15)6-12-9(13-10)4-5-16-3/h6-7H,4-5H2,1-3H3,(H,14,15). The average molecular weight is 224 g/mol. The van der Waals surface area contributed by atoms with Gasteiger partial charge in [-0.15, -0.1) is 0 Å². The fourth-order valence-corrected chi connectivity index (χ4v) is 1.35. The third-order valence-corrected chi connectivity index (χ3v) is 2.18. The number of hydrogen-bond acceptors (Lipinski definition) is 4. The van der Waals surface area contributed by atoms with E-state index in [4.69, 9.17) is 9.84 Å². The second-order valence-electron chi connectivity index (χ2n) is 3.79. The molecule has 0 amide bonds. The molecule has 5 nitrogen and oxygen atoms in total. The van der Waals surface area contributed by atoms with Crippen LogP contribution in [0.25, 0.3) is 0 Å². The Morgan fingerprint density at radius 1 is 1.56 bits per heavy atom. The Labute approximate surface area is 94.5 Å². The van der Waals surface area contributed by atoms with Crippen LogP contribution in [-0.2, 0) is 11.2 Å². The number of carbonyl (C=O) groups is 1. The van der Waals surface area contributed by atoms with Crippen LogP contribution in [0.4, 0.5) is 0 Å². The highest BCUT2D eigenvalue weighted by Crippen LogP contribution is 2.16. The van der Waals surface area contributed by atoms with E-state index in [-0.39, 0.29) is 11.5 Å². The lowest BCUT2D eigenvalue weighted by Gasteiger charge is -2.09. The minimum atomic E-state index is -0.984. The molecule has 5 heteroatoms. The van der Waals surface area contributed by atoms with Gasteiger partial charge in [-0.1, -0.05) is 13.8 Å². The van der Waals surface area contributed by atoms with Crippen LogP contribution in [0.1, 0.15) is 41.6 Å². The van der Waals surface area contributed by atoms with Crippen LogP contribution in [0.5, 0.6) is 0 Å². The fraction of sp³-hybridized carbons (Fsp3) is 0.545. The average Bonchev–Trinajstić information content (AvgIpc) is 2.25. The SMILES string of the molecule is COCCc1ncc(C(=O)O)c(C(C)C)n1. The molecular weight excluding hydrogens is 208 g/mol. The van der Waals surface area contributed by atoms with E-state index in [1.54, 1.807) is 7.11 Å². The zero-order valence-corrected chi connectivity index (χ0v) is 9.73. The van der Waals surface area contributed by atoms with Crippen molar-refractivity contribution in [2.75, 3.05) is 13.7 Å². The van der Waals surface area contributed by atoms with E-state index in [9.17, 15) is 4.79 Å². The van der Waals surface area contributed by atoms with Crippen LogP contribution in [0.3, 0.4) is 0 Å². The second kappa shape index (κ2) is 5.55. The fourth-order valence-electron chi connectivity index (χ4n) is 1.35. The van der Waals surface area contributed by atoms with Crippen molar-refractivity contribution in [3.63, 3.8) is 0 Å².